The third kappa shape index (κ3) is 2.46. The second-order valence-corrected chi connectivity index (χ2v) is 3.47. The van der Waals surface area contributed by atoms with E-state index in [-0.39, 0.29) is 11.1 Å². The summed E-state index contributed by atoms with van der Waals surface area (Å²) in [5, 5.41) is 0. The Bertz CT molecular complexity index is 529. The van der Waals surface area contributed by atoms with E-state index < -0.39 is 17.6 Å². The van der Waals surface area contributed by atoms with Crippen LogP contribution in [0.3, 0.4) is 0 Å². The Labute approximate surface area is 95.5 Å². The predicted octanol–water partition coefficient (Wildman–Crippen LogP) is 4.31. The Balaban J connectivity index is 2.51. The maximum atomic E-state index is 13.4. The number of hydrogen-bond donors (Lipinski definition) is 0. The third-order valence-corrected chi connectivity index (χ3v) is 2.29. The first kappa shape index (κ1) is 11.6. The molecule has 0 amide bonds. The highest BCUT2D eigenvalue weighted by Crippen LogP contribution is 2.32. The van der Waals surface area contributed by atoms with Crippen LogP contribution in [0, 0.1) is 11.9 Å². The molecule has 0 saturated heterocycles. The Morgan fingerprint density at radius 1 is 1.00 bits per heavy atom. The van der Waals surface area contributed by atoms with Gasteiger partial charge in [0.1, 0.15) is 5.82 Å². The van der Waals surface area contributed by atoms with E-state index in [4.69, 9.17) is 0 Å². The molecule has 0 bridgehead atoms. The highest BCUT2D eigenvalue weighted by molar-refractivity contribution is 5.64. The largest absolute Gasteiger partial charge is 0.417 e. The van der Waals surface area contributed by atoms with Gasteiger partial charge in [-0.1, -0.05) is 30.3 Å². The summed E-state index contributed by atoms with van der Waals surface area (Å²) in [5.74, 6) is -0.549. The zero-order valence-corrected chi connectivity index (χ0v) is 8.55. The fourth-order valence-corrected chi connectivity index (χ4v) is 1.49. The van der Waals surface area contributed by atoms with E-state index in [2.05, 4.69) is 6.07 Å². The number of benzene rings is 2. The highest BCUT2D eigenvalue weighted by atomic mass is 19.4. The minimum Gasteiger partial charge on any atom is -0.206 e. The number of alkyl halides is 3. The number of rotatable bonds is 1. The normalized spacial score (nSPS) is 11.5. The second-order valence-electron chi connectivity index (χ2n) is 3.47. The molecule has 2 aromatic rings. The molecule has 0 aliphatic rings. The van der Waals surface area contributed by atoms with Gasteiger partial charge in [0.05, 0.1) is 5.56 Å². The van der Waals surface area contributed by atoms with Gasteiger partial charge in [0.15, 0.2) is 0 Å². The van der Waals surface area contributed by atoms with Crippen molar-refractivity contribution in [2.45, 2.75) is 6.18 Å². The van der Waals surface area contributed by atoms with Gasteiger partial charge in [0.2, 0.25) is 0 Å². The summed E-state index contributed by atoms with van der Waals surface area (Å²) >= 11 is 0. The molecule has 0 aliphatic carbocycles. The molecular formula is C13H7F4. The van der Waals surface area contributed by atoms with Crippen LogP contribution in [0.15, 0.2) is 42.5 Å². The molecule has 17 heavy (non-hydrogen) atoms. The van der Waals surface area contributed by atoms with Crippen LogP contribution in [0.5, 0.6) is 0 Å². The molecule has 0 aliphatic heterocycles. The van der Waals surface area contributed by atoms with Crippen LogP contribution in [0.1, 0.15) is 5.56 Å². The molecular weight excluding hydrogens is 232 g/mol. The predicted molar refractivity (Wildman–Crippen MR) is 55.7 cm³/mol. The smallest absolute Gasteiger partial charge is 0.206 e. The van der Waals surface area contributed by atoms with Gasteiger partial charge < -0.3 is 0 Å². The zero-order chi connectivity index (χ0) is 12.5. The molecule has 0 saturated carbocycles. The van der Waals surface area contributed by atoms with Crippen molar-refractivity contribution in [3.05, 3.63) is 59.9 Å². The summed E-state index contributed by atoms with van der Waals surface area (Å²) in [4.78, 5) is 0. The molecule has 0 atom stereocenters. The van der Waals surface area contributed by atoms with E-state index in [1.54, 1.807) is 6.07 Å². The number of hydrogen-bond acceptors (Lipinski definition) is 0. The molecule has 0 heterocycles. The number of halogens is 4. The molecule has 0 aromatic heterocycles. The molecule has 1 radical (unpaired) electrons. The first-order valence-electron chi connectivity index (χ1n) is 4.82. The van der Waals surface area contributed by atoms with Gasteiger partial charge in [-0.25, -0.2) is 4.39 Å². The van der Waals surface area contributed by atoms with Gasteiger partial charge >= 0.3 is 6.18 Å². The fraction of sp³-hybridized carbons (Fsp3) is 0.0769. The average molecular weight is 239 g/mol. The van der Waals surface area contributed by atoms with Gasteiger partial charge in [-0.15, -0.1) is 0 Å². The second kappa shape index (κ2) is 4.20. The molecule has 2 aromatic carbocycles. The van der Waals surface area contributed by atoms with Gasteiger partial charge in [-0.3, -0.25) is 0 Å². The lowest BCUT2D eigenvalue weighted by Gasteiger charge is -2.08. The van der Waals surface area contributed by atoms with Crippen LogP contribution in [-0.2, 0) is 6.18 Å². The Kier molecular flexibility index (Phi) is 2.88. The van der Waals surface area contributed by atoms with Crippen molar-refractivity contribution in [3.63, 3.8) is 0 Å². The minimum absolute atomic E-state index is 0.145. The van der Waals surface area contributed by atoms with Gasteiger partial charge in [-0.2, -0.15) is 13.2 Å². The van der Waals surface area contributed by atoms with Crippen molar-refractivity contribution in [1.29, 1.82) is 0 Å². The van der Waals surface area contributed by atoms with E-state index in [0.29, 0.717) is 0 Å². The van der Waals surface area contributed by atoms with Crippen LogP contribution in [0.25, 0.3) is 11.1 Å². The van der Waals surface area contributed by atoms with E-state index in [9.17, 15) is 17.6 Å². The fourth-order valence-electron chi connectivity index (χ4n) is 1.49. The van der Waals surface area contributed by atoms with Crippen molar-refractivity contribution < 1.29 is 17.6 Å². The molecule has 0 unspecified atom stereocenters. The Hall–Kier alpha value is -1.84. The van der Waals surface area contributed by atoms with Crippen molar-refractivity contribution in [3.8, 4) is 11.1 Å². The summed E-state index contributed by atoms with van der Waals surface area (Å²) in [6.07, 6.45) is -4.47. The van der Waals surface area contributed by atoms with Gasteiger partial charge in [-0.05, 0) is 23.8 Å². The van der Waals surface area contributed by atoms with Gasteiger partial charge in [0, 0.05) is 5.56 Å². The summed E-state index contributed by atoms with van der Waals surface area (Å²) in [5.41, 5.74) is -0.570. The summed E-state index contributed by atoms with van der Waals surface area (Å²) < 4.78 is 50.8. The zero-order valence-electron chi connectivity index (χ0n) is 8.55. The van der Waals surface area contributed by atoms with E-state index >= 15 is 0 Å². The SMILES string of the molecule is Fc1ccccc1-c1cc[c]c(C(F)(F)F)c1. The maximum Gasteiger partial charge on any atom is 0.417 e. The van der Waals surface area contributed by atoms with Crippen LogP contribution in [0.2, 0.25) is 0 Å². The van der Waals surface area contributed by atoms with Gasteiger partial charge in [0.25, 0.3) is 0 Å². The Morgan fingerprint density at radius 2 is 1.71 bits per heavy atom. The topological polar surface area (TPSA) is 0 Å². The lowest BCUT2D eigenvalue weighted by atomic mass is 10.0. The molecule has 2 rings (SSSR count). The van der Waals surface area contributed by atoms with Crippen LogP contribution >= 0.6 is 0 Å². The molecule has 0 nitrogen and oxygen atoms in total. The van der Waals surface area contributed by atoms with E-state index in [0.717, 1.165) is 12.1 Å². The van der Waals surface area contributed by atoms with Crippen molar-refractivity contribution in [2.75, 3.05) is 0 Å². The van der Waals surface area contributed by atoms with Crippen molar-refractivity contribution >= 4 is 0 Å². The first-order chi connectivity index (χ1) is 7.98. The quantitative estimate of drug-likeness (QED) is 0.650. The maximum absolute atomic E-state index is 13.4. The standard InChI is InChI=1S/C13H7F4/c14-12-7-2-1-6-11(12)9-4-3-5-10(8-9)13(15,16)17/h1-4,6-8H. The first-order valence-corrected chi connectivity index (χ1v) is 4.82. The van der Waals surface area contributed by atoms with Crippen molar-refractivity contribution in [1.82, 2.24) is 0 Å². The molecule has 0 N–H and O–H groups in total. The molecule has 87 valence electrons. The highest BCUT2D eigenvalue weighted by Gasteiger charge is 2.30. The monoisotopic (exact) mass is 239 g/mol. The lowest BCUT2D eigenvalue weighted by Crippen LogP contribution is -2.04. The summed E-state index contributed by atoms with van der Waals surface area (Å²) in [6, 6.07) is 11.2. The molecule has 0 spiro atoms. The summed E-state index contributed by atoms with van der Waals surface area (Å²) in [7, 11) is 0. The van der Waals surface area contributed by atoms with Crippen molar-refractivity contribution in [2.24, 2.45) is 0 Å². The lowest BCUT2D eigenvalue weighted by molar-refractivity contribution is -0.137. The third-order valence-electron chi connectivity index (χ3n) is 2.29. The molecule has 4 heteroatoms. The Morgan fingerprint density at radius 3 is 2.35 bits per heavy atom. The minimum atomic E-state index is -4.47. The van der Waals surface area contributed by atoms with E-state index in [1.165, 1.54) is 24.3 Å². The summed E-state index contributed by atoms with van der Waals surface area (Å²) in [6.45, 7) is 0. The molecule has 0 fully saturated rings. The average Bonchev–Trinajstić information content (AvgIpc) is 2.29. The van der Waals surface area contributed by atoms with E-state index in [1.807, 2.05) is 0 Å². The van der Waals surface area contributed by atoms with Crippen LogP contribution in [-0.4, -0.2) is 0 Å². The van der Waals surface area contributed by atoms with Crippen LogP contribution < -0.4 is 0 Å². The van der Waals surface area contributed by atoms with Crippen LogP contribution in [0.4, 0.5) is 17.6 Å².